The van der Waals surface area contributed by atoms with E-state index < -0.39 is 23.6 Å². The Labute approximate surface area is 117 Å². The molecule has 1 aliphatic carbocycles. The number of rotatable bonds is 3. The zero-order chi connectivity index (χ0) is 14.7. The zero-order valence-electron chi connectivity index (χ0n) is 11.4. The van der Waals surface area contributed by atoms with Gasteiger partial charge in [-0.2, -0.15) is 0 Å². The van der Waals surface area contributed by atoms with E-state index in [0.717, 1.165) is 18.4 Å². The molecule has 0 heterocycles. The number of hydrogen-bond donors (Lipinski definition) is 2. The van der Waals surface area contributed by atoms with Crippen molar-refractivity contribution in [3.63, 3.8) is 0 Å². The van der Waals surface area contributed by atoms with Crippen molar-refractivity contribution >= 4 is 17.6 Å². The molecule has 0 unspecified atom stereocenters. The minimum atomic E-state index is -0.930. The van der Waals surface area contributed by atoms with Crippen LogP contribution in [0.4, 0.5) is 10.1 Å². The van der Waals surface area contributed by atoms with Crippen LogP contribution in [0.5, 0.6) is 0 Å². The number of carboxylic acid groups (broad SMARTS) is 1. The Hall–Kier alpha value is -1.91. The summed E-state index contributed by atoms with van der Waals surface area (Å²) in [5.74, 6) is -2.86. The van der Waals surface area contributed by atoms with Crippen LogP contribution in [0.1, 0.15) is 31.2 Å². The van der Waals surface area contributed by atoms with Crippen molar-refractivity contribution < 1.29 is 19.1 Å². The first-order chi connectivity index (χ1) is 9.49. The van der Waals surface area contributed by atoms with Crippen molar-refractivity contribution in [3.05, 3.63) is 29.6 Å². The second-order valence-electron chi connectivity index (χ2n) is 5.28. The largest absolute Gasteiger partial charge is 0.481 e. The molecule has 0 saturated heterocycles. The lowest BCUT2D eigenvalue weighted by Gasteiger charge is -2.27. The third kappa shape index (κ3) is 3.15. The predicted molar refractivity (Wildman–Crippen MR) is 72.9 cm³/mol. The van der Waals surface area contributed by atoms with E-state index in [4.69, 9.17) is 0 Å². The molecule has 5 heteroatoms. The fourth-order valence-electron chi connectivity index (χ4n) is 2.69. The van der Waals surface area contributed by atoms with Gasteiger partial charge < -0.3 is 10.4 Å². The third-order valence-corrected chi connectivity index (χ3v) is 3.88. The van der Waals surface area contributed by atoms with Gasteiger partial charge in [0.25, 0.3) is 0 Å². The molecular formula is C15H18FNO3. The highest BCUT2D eigenvalue weighted by Gasteiger charge is 2.35. The Morgan fingerprint density at radius 2 is 1.90 bits per heavy atom. The molecule has 1 aromatic rings. The fraction of sp³-hybridized carbons (Fsp3) is 0.467. The molecule has 0 spiro atoms. The molecular weight excluding hydrogens is 261 g/mol. The van der Waals surface area contributed by atoms with Gasteiger partial charge in [-0.05, 0) is 37.5 Å². The lowest BCUT2D eigenvalue weighted by Crippen LogP contribution is -2.36. The van der Waals surface area contributed by atoms with Crippen LogP contribution in [0, 0.1) is 24.6 Å². The highest BCUT2D eigenvalue weighted by Crippen LogP contribution is 2.31. The van der Waals surface area contributed by atoms with Crippen LogP contribution in [-0.4, -0.2) is 17.0 Å². The number of benzene rings is 1. The van der Waals surface area contributed by atoms with Crippen molar-refractivity contribution in [2.75, 3.05) is 5.32 Å². The molecule has 1 aromatic carbocycles. The topological polar surface area (TPSA) is 66.4 Å². The lowest BCUT2D eigenvalue weighted by molar-refractivity contribution is -0.147. The van der Waals surface area contributed by atoms with Gasteiger partial charge in [-0.25, -0.2) is 4.39 Å². The van der Waals surface area contributed by atoms with Gasteiger partial charge in [-0.3, -0.25) is 9.59 Å². The molecule has 1 fully saturated rings. The molecule has 2 N–H and O–H groups in total. The number of hydrogen-bond acceptors (Lipinski definition) is 2. The summed E-state index contributed by atoms with van der Waals surface area (Å²) < 4.78 is 13.2. The molecule has 108 valence electrons. The number of halogens is 1. The highest BCUT2D eigenvalue weighted by atomic mass is 19.1. The maximum absolute atomic E-state index is 13.2. The van der Waals surface area contributed by atoms with E-state index in [0.29, 0.717) is 18.5 Å². The maximum Gasteiger partial charge on any atom is 0.307 e. The highest BCUT2D eigenvalue weighted by molar-refractivity contribution is 5.95. The monoisotopic (exact) mass is 279 g/mol. The van der Waals surface area contributed by atoms with Crippen LogP contribution >= 0.6 is 0 Å². The van der Waals surface area contributed by atoms with Crippen LogP contribution in [-0.2, 0) is 9.59 Å². The zero-order valence-corrected chi connectivity index (χ0v) is 11.4. The Kier molecular flexibility index (Phi) is 4.37. The van der Waals surface area contributed by atoms with Gasteiger partial charge in [0, 0.05) is 5.69 Å². The van der Waals surface area contributed by atoms with Gasteiger partial charge in [0.05, 0.1) is 11.8 Å². The summed E-state index contributed by atoms with van der Waals surface area (Å²) in [5, 5.41) is 11.8. The number of carboxylic acids is 1. The van der Waals surface area contributed by atoms with Crippen molar-refractivity contribution in [2.45, 2.75) is 32.6 Å². The molecule has 0 aliphatic heterocycles. The van der Waals surface area contributed by atoms with E-state index in [2.05, 4.69) is 5.32 Å². The number of nitrogens with one attached hydrogen (secondary N) is 1. The van der Waals surface area contributed by atoms with Crippen LogP contribution in [0.3, 0.4) is 0 Å². The minimum absolute atomic E-state index is 0.328. The van der Waals surface area contributed by atoms with E-state index in [1.54, 1.807) is 13.0 Å². The Morgan fingerprint density at radius 3 is 2.55 bits per heavy atom. The normalized spacial score (nSPS) is 22.3. The number of anilines is 1. The Morgan fingerprint density at radius 1 is 1.25 bits per heavy atom. The predicted octanol–water partition coefficient (Wildman–Crippen LogP) is 2.96. The van der Waals surface area contributed by atoms with Crippen LogP contribution in [0.15, 0.2) is 18.2 Å². The van der Waals surface area contributed by atoms with Gasteiger partial charge in [0.1, 0.15) is 5.82 Å². The molecule has 0 bridgehead atoms. The first-order valence-electron chi connectivity index (χ1n) is 6.79. The molecule has 1 aliphatic rings. The Balaban J connectivity index is 2.14. The number of aryl methyl sites for hydroxylation is 1. The average molecular weight is 279 g/mol. The summed E-state index contributed by atoms with van der Waals surface area (Å²) in [7, 11) is 0. The summed E-state index contributed by atoms with van der Waals surface area (Å²) in [6, 6.07) is 4.16. The van der Waals surface area contributed by atoms with E-state index >= 15 is 0 Å². The van der Waals surface area contributed by atoms with Crippen molar-refractivity contribution in [2.24, 2.45) is 11.8 Å². The SMILES string of the molecule is Cc1ccc(F)cc1NC(=O)[C@H]1CCCC[C@@H]1C(=O)O. The summed E-state index contributed by atoms with van der Waals surface area (Å²) in [6.45, 7) is 1.77. The van der Waals surface area contributed by atoms with Gasteiger partial charge in [0.2, 0.25) is 5.91 Å². The molecule has 0 aromatic heterocycles. The smallest absolute Gasteiger partial charge is 0.307 e. The van der Waals surface area contributed by atoms with Gasteiger partial charge in [-0.1, -0.05) is 18.9 Å². The third-order valence-electron chi connectivity index (χ3n) is 3.88. The lowest BCUT2D eigenvalue weighted by atomic mass is 9.78. The van der Waals surface area contributed by atoms with E-state index in [9.17, 15) is 19.1 Å². The van der Waals surface area contributed by atoms with Crippen molar-refractivity contribution in [1.82, 2.24) is 0 Å². The average Bonchev–Trinajstić information content (AvgIpc) is 2.42. The molecule has 2 rings (SSSR count). The number of aliphatic carboxylic acids is 1. The quantitative estimate of drug-likeness (QED) is 0.894. The van der Waals surface area contributed by atoms with Gasteiger partial charge in [-0.15, -0.1) is 0 Å². The van der Waals surface area contributed by atoms with Crippen molar-refractivity contribution in [3.8, 4) is 0 Å². The summed E-state index contributed by atoms with van der Waals surface area (Å²) in [6.07, 6.45) is 2.77. The number of carbonyl (C=O) groups excluding carboxylic acids is 1. The second kappa shape index (κ2) is 6.03. The van der Waals surface area contributed by atoms with Crippen LogP contribution in [0.2, 0.25) is 0 Å². The number of carbonyl (C=O) groups is 2. The first-order valence-corrected chi connectivity index (χ1v) is 6.79. The van der Waals surface area contributed by atoms with Gasteiger partial charge >= 0.3 is 5.97 Å². The summed E-state index contributed by atoms with van der Waals surface area (Å²) in [5.41, 5.74) is 1.16. The maximum atomic E-state index is 13.2. The fourth-order valence-corrected chi connectivity index (χ4v) is 2.69. The standard InChI is InChI=1S/C15H18FNO3/c1-9-6-7-10(16)8-13(9)17-14(18)11-4-2-3-5-12(11)15(19)20/h6-8,11-12H,2-5H2,1H3,(H,17,18)(H,19,20)/t11-,12-/m0/s1. The summed E-state index contributed by atoms with van der Waals surface area (Å²) in [4.78, 5) is 23.5. The molecule has 20 heavy (non-hydrogen) atoms. The minimum Gasteiger partial charge on any atom is -0.481 e. The Bertz CT molecular complexity index is 530. The van der Waals surface area contributed by atoms with E-state index in [1.165, 1.54) is 12.1 Å². The number of amides is 1. The molecule has 1 amide bonds. The van der Waals surface area contributed by atoms with E-state index in [1.807, 2.05) is 0 Å². The van der Waals surface area contributed by atoms with Crippen molar-refractivity contribution in [1.29, 1.82) is 0 Å². The van der Waals surface area contributed by atoms with Gasteiger partial charge in [0.15, 0.2) is 0 Å². The molecule has 2 atom stereocenters. The molecule has 0 radical (unpaired) electrons. The van der Waals surface area contributed by atoms with E-state index in [-0.39, 0.29) is 5.91 Å². The molecule has 1 saturated carbocycles. The van der Waals surface area contributed by atoms with Crippen LogP contribution in [0.25, 0.3) is 0 Å². The second-order valence-corrected chi connectivity index (χ2v) is 5.28. The summed E-state index contributed by atoms with van der Waals surface area (Å²) >= 11 is 0. The first kappa shape index (κ1) is 14.5. The van der Waals surface area contributed by atoms with Crippen LogP contribution < -0.4 is 5.32 Å². The molecule has 4 nitrogen and oxygen atoms in total.